The average Bonchev–Trinajstić information content (AvgIpc) is 3.20. The van der Waals surface area contributed by atoms with Crippen molar-refractivity contribution in [3.63, 3.8) is 0 Å². The van der Waals surface area contributed by atoms with Crippen molar-refractivity contribution >= 4 is 16.7 Å². The van der Waals surface area contributed by atoms with Gasteiger partial charge >= 0.3 is 6.18 Å². The third-order valence-corrected chi connectivity index (χ3v) is 5.61. The van der Waals surface area contributed by atoms with E-state index in [9.17, 15) is 13.2 Å². The predicted octanol–water partition coefficient (Wildman–Crippen LogP) is 5.90. The number of imidazole rings is 1. The van der Waals surface area contributed by atoms with E-state index >= 15 is 0 Å². The van der Waals surface area contributed by atoms with Gasteiger partial charge in [0.25, 0.3) is 0 Å². The van der Waals surface area contributed by atoms with Gasteiger partial charge in [-0.15, -0.1) is 0 Å². The molecule has 8 heteroatoms. The van der Waals surface area contributed by atoms with E-state index in [1.54, 1.807) is 19.2 Å². The van der Waals surface area contributed by atoms with E-state index < -0.39 is 12.0 Å². The van der Waals surface area contributed by atoms with E-state index in [0.29, 0.717) is 24.2 Å². The van der Waals surface area contributed by atoms with Gasteiger partial charge in [0.1, 0.15) is 11.5 Å². The molecule has 34 heavy (non-hydrogen) atoms. The average molecular weight is 470 g/mol. The number of nitrogens with two attached hydrogens (primary N) is 1. The molecule has 0 aliphatic rings. The highest BCUT2D eigenvalue weighted by Crippen LogP contribution is 2.32. The zero-order valence-electron chi connectivity index (χ0n) is 18.8. The van der Waals surface area contributed by atoms with Gasteiger partial charge in [0, 0.05) is 12.2 Å². The molecule has 0 saturated heterocycles. The maximum absolute atomic E-state index is 13.5. The van der Waals surface area contributed by atoms with Gasteiger partial charge in [-0.2, -0.15) is 13.2 Å². The van der Waals surface area contributed by atoms with Crippen molar-refractivity contribution in [1.29, 1.82) is 0 Å². The van der Waals surface area contributed by atoms with Gasteiger partial charge < -0.3 is 19.8 Å². The van der Waals surface area contributed by atoms with Crippen LogP contribution in [0.5, 0.6) is 11.5 Å². The van der Waals surface area contributed by atoms with Crippen LogP contribution in [0.1, 0.15) is 23.4 Å². The standard InChI is InChI=1S/C26H26F3N3O2/c1-33-21-9-4-18(5-10-21)3-2-16-34-22-11-6-19(7-12-22)14-15-32-24-13-8-20(30)17-23(24)31-25(32)26(27,28)29/h4-13,17H,2-3,14-16,30H2,1H3. The molecule has 178 valence electrons. The van der Waals surface area contributed by atoms with Crippen LogP contribution in [0.2, 0.25) is 0 Å². The first kappa shape index (κ1) is 23.5. The summed E-state index contributed by atoms with van der Waals surface area (Å²) in [6, 6.07) is 20.0. The van der Waals surface area contributed by atoms with Crippen LogP contribution in [0, 0.1) is 0 Å². The van der Waals surface area contributed by atoms with E-state index in [2.05, 4.69) is 4.98 Å². The monoisotopic (exact) mass is 469 g/mol. The Bertz CT molecular complexity index is 1230. The van der Waals surface area contributed by atoms with Crippen LogP contribution < -0.4 is 15.2 Å². The van der Waals surface area contributed by atoms with Crippen LogP contribution in [0.15, 0.2) is 66.7 Å². The number of methoxy groups -OCH3 is 1. The minimum atomic E-state index is -4.54. The van der Waals surface area contributed by atoms with Gasteiger partial charge in [0.05, 0.1) is 24.8 Å². The number of aromatic nitrogens is 2. The molecule has 5 nitrogen and oxygen atoms in total. The first-order valence-corrected chi connectivity index (χ1v) is 11.0. The van der Waals surface area contributed by atoms with Crippen molar-refractivity contribution in [2.45, 2.75) is 32.0 Å². The lowest BCUT2D eigenvalue weighted by atomic mass is 10.1. The maximum Gasteiger partial charge on any atom is 0.449 e. The van der Waals surface area contributed by atoms with Crippen LogP contribution in [0.3, 0.4) is 0 Å². The number of benzene rings is 3. The maximum atomic E-state index is 13.5. The largest absolute Gasteiger partial charge is 0.497 e. The summed E-state index contributed by atoms with van der Waals surface area (Å²) in [7, 11) is 1.64. The summed E-state index contributed by atoms with van der Waals surface area (Å²) in [5.74, 6) is 0.656. The topological polar surface area (TPSA) is 62.3 Å². The summed E-state index contributed by atoms with van der Waals surface area (Å²) in [5, 5.41) is 0. The predicted molar refractivity (Wildman–Crippen MR) is 126 cm³/mol. The molecule has 0 amide bonds. The number of rotatable bonds is 9. The summed E-state index contributed by atoms with van der Waals surface area (Å²) < 4.78 is 52.7. The number of halogens is 3. The van der Waals surface area contributed by atoms with Crippen LogP contribution in [0.25, 0.3) is 11.0 Å². The van der Waals surface area contributed by atoms with Gasteiger partial charge in [0.2, 0.25) is 5.82 Å². The molecule has 1 heterocycles. The van der Waals surface area contributed by atoms with E-state index in [1.807, 2.05) is 48.5 Å². The molecule has 2 N–H and O–H groups in total. The summed E-state index contributed by atoms with van der Waals surface area (Å²) in [4.78, 5) is 3.78. The van der Waals surface area contributed by atoms with Gasteiger partial charge in [-0.1, -0.05) is 24.3 Å². The van der Waals surface area contributed by atoms with Crippen molar-refractivity contribution in [3.8, 4) is 11.5 Å². The smallest absolute Gasteiger partial charge is 0.449 e. The number of anilines is 1. The van der Waals surface area contributed by atoms with E-state index in [0.717, 1.165) is 29.9 Å². The minimum absolute atomic E-state index is 0.150. The van der Waals surface area contributed by atoms with Crippen LogP contribution >= 0.6 is 0 Å². The number of fused-ring (bicyclic) bond motifs is 1. The van der Waals surface area contributed by atoms with E-state index in [-0.39, 0.29) is 12.1 Å². The highest BCUT2D eigenvalue weighted by atomic mass is 19.4. The van der Waals surface area contributed by atoms with E-state index in [1.165, 1.54) is 16.2 Å². The Hall–Kier alpha value is -3.68. The molecule has 0 aliphatic heterocycles. The molecule has 3 aromatic carbocycles. The lowest BCUT2D eigenvalue weighted by Gasteiger charge is -2.12. The molecule has 0 saturated carbocycles. The third-order valence-electron chi connectivity index (χ3n) is 5.61. The lowest BCUT2D eigenvalue weighted by Crippen LogP contribution is -2.16. The zero-order chi connectivity index (χ0) is 24.1. The van der Waals surface area contributed by atoms with Crippen molar-refractivity contribution < 1.29 is 22.6 Å². The molecule has 1 aromatic heterocycles. The summed E-state index contributed by atoms with van der Waals surface area (Å²) >= 11 is 0. The number of alkyl halides is 3. The fourth-order valence-electron chi connectivity index (χ4n) is 3.84. The normalized spacial score (nSPS) is 11.6. The molecule has 0 atom stereocenters. The highest BCUT2D eigenvalue weighted by molar-refractivity contribution is 5.79. The summed E-state index contributed by atoms with van der Waals surface area (Å²) in [6.45, 7) is 0.724. The molecule has 0 fully saturated rings. The van der Waals surface area contributed by atoms with Gasteiger partial charge in [0.15, 0.2) is 0 Å². The SMILES string of the molecule is COc1ccc(CCCOc2ccc(CCn3c(C(F)(F)F)nc4cc(N)ccc43)cc2)cc1. The second-order valence-electron chi connectivity index (χ2n) is 8.03. The number of ether oxygens (including phenoxy) is 2. The molecular weight excluding hydrogens is 443 g/mol. The van der Waals surface area contributed by atoms with Crippen LogP contribution in [-0.2, 0) is 25.6 Å². The Labute approximate surface area is 195 Å². The number of aryl methyl sites for hydroxylation is 3. The Morgan fingerprint density at radius 2 is 1.53 bits per heavy atom. The van der Waals surface area contributed by atoms with Gasteiger partial charge in [-0.25, -0.2) is 4.98 Å². The number of nitrogens with zero attached hydrogens (tertiary/aromatic N) is 2. The molecular formula is C26H26F3N3O2. The Morgan fingerprint density at radius 3 is 2.18 bits per heavy atom. The van der Waals surface area contributed by atoms with Crippen molar-refractivity contribution in [1.82, 2.24) is 9.55 Å². The number of nitrogen functional groups attached to an aromatic ring is 1. The molecule has 0 unspecified atom stereocenters. The van der Waals surface area contributed by atoms with Crippen molar-refractivity contribution in [2.75, 3.05) is 19.5 Å². The lowest BCUT2D eigenvalue weighted by molar-refractivity contribution is -0.146. The Morgan fingerprint density at radius 1 is 0.882 bits per heavy atom. The first-order chi connectivity index (χ1) is 16.3. The third kappa shape index (κ3) is 5.62. The molecule has 0 spiro atoms. The van der Waals surface area contributed by atoms with Gasteiger partial charge in [-0.05, 0) is 72.9 Å². The fraction of sp³-hybridized carbons (Fsp3) is 0.269. The van der Waals surface area contributed by atoms with Crippen LogP contribution in [0.4, 0.5) is 18.9 Å². The molecule has 0 bridgehead atoms. The van der Waals surface area contributed by atoms with Crippen LogP contribution in [-0.4, -0.2) is 23.3 Å². The number of hydrogen-bond acceptors (Lipinski definition) is 4. The van der Waals surface area contributed by atoms with Crippen molar-refractivity contribution in [2.24, 2.45) is 0 Å². The van der Waals surface area contributed by atoms with Crippen molar-refractivity contribution in [3.05, 3.63) is 83.7 Å². The minimum Gasteiger partial charge on any atom is -0.497 e. The quantitative estimate of drug-likeness (QED) is 0.245. The second kappa shape index (κ2) is 10.1. The summed E-state index contributed by atoms with van der Waals surface area (Å²) in [6.07, 6.45) is -2.35. The van der Waals surface area contributed by atoms with Gasteiger partial charge in [-0.3, -0.25) is 0 Å². The Balaban J connectivity index is 1.33. The number of hydrogen-bond donors (Lipinski definition) is 1. The highest BCUT2D eigenvalue weighted by Gasteiger charge is 2.37. The zero-order valence-corrected chi connectivity index (χ0v) is 18.8. The Kier molecular flexibility index (Phi) is 6.95. The molecule has 0 radical (unpaired) electrons. The molecule has 0 aliphatic carbocycles. The fourth-order valence-corrected chi connectivity index (χ4v) is 3.84. The second-order valence-corrected chi connectivity index (χ2v) is 8.03. The molecule has 4 aromatic rings. The first-order valence-electron chi connectivity index (χ1n) is 11.0. The molecule has 4 rings (SSSR count). The van der Waals surface area contributed by atoms with E-state index in [4.69, 9.17) is 15.2 Å². The summed E-state index contributed by atoms with van der Waals surface area (Å²) in [5.41, 5.74) is 8.87.